The Morgan fingerprint density at radius 3 is 2.38 bits per heavy atom. The van der Waals surface area contributed by atoms with Crippen LogP contribution in [0.4, 0.5) is 8.78 Å². The lowest BCUT2D eigenvalue weighted by atomic mass is 9.89. The van der Waals surface area contributed by atoms with Crippen molar-refractivity contribution in [2.75, 3.05) is 0 Å². The Labute approximate surface area is 213 Å². The number of rotatable bonds is 8. The number of carbonyl (C=O) groups excluding carboxylic acids is 1. The van der Waals surface area contributed by atoms with Gasteiger partial charge in [-0.25, -0.2) is 18.7 Å². The Kier molecular flexibility index (Phi) is 6.70. The number of ketones is 1. The maximum absolute atomic E-state index is 14.0. The number of oxazole rings is 1. The van der Waals surface area contributed by atoms with E-state index < -0.39 is 17.6 Å². The number of Topliss-reactive ketones (excluding diaryl/α,β-unsaturated/α-hetero) is 1. The van der Waals surface area contributed by atoms with Crippen LogP contribution in [-0.4, -0.2) is 20.3 Å². The molecule has 5 nitrogen and oxygen atoms in total. The summed E-state index contributed by atoms with van der Waals surface area (Å²) in [6.07, 6.45) is 3.37. The van der Waals surface area contributed by atoms with Crippen molar-refractivity contribution in [3.05, 3.63) is 107 Å². The number of aryl methyl sites for hydroxylation is 3. The summed E-state index contributed by atoms with van der Waals surface area (Å²) < 4.78 is 35.5. The third-order valence-electron chi connectivity index (χ3n) is 6.76. The van der Waals surface area contributed by atoms with Crippen LogP contribution in [0.15, 0.2) is 71.7 Å². The number of fused-ring (bicyclic) bond motifs is 1. The minimum atomic E-state index is -0.658. The summed E-state index contributed by atoms with van der Waals surface area (Å²) in [6, 6.07) is 15.3. The van der Waals surface area contributed by atoms with Crippen molar-refractivity contribution in [1.29, 1.82) is 0 Å². The van der Waals surface area contributed by atoms with Crippen molar-refractivity contribution < 1.29 is 18.0 Å². The minimum Gasteiger partial charge on any atom is -0.443 e. The van der Waals surface area contributed by atoms with E-state index in [2.05, 4.69) is 9.97 Å². The molecule has 0 spiro atoms. The van der Waals surface area contributed by atoms with E-state index in [1.54, 1.807) is 6.33 Å². The molecule has 7 heteroatoms. The van der Waals surface area contributed by atoms with Crippen LogP contribution in [-0.2, 0) is 17.8 Å². The standard InChI is InChI=1S/C30H27F2N3O2/c1-18-4-6-22(7-5-18)30-29(34-17-37-30)23(10-21-11-24(31)14-25(32)12-21)13-26(36)15-35-16-33-27-8-19(2)20(3)9-28(27)35/h4-9,11-12,14,16-17,23H,10,13,15H2,1-3H3. The maximum atomic E-state index is 14.0. The molecule has 188 valence electrons. The second-order valence-corrected chi connectivity index (χ2v) is 9.65. The van der Waals surface area contributed by atoms with Crippen LogP contribution in [0.1, 0.15) is 40.3 Å². The van der Waals surface area contributed by atoms with Gasteiger partial charge in [0, 0.05) is 24.0 Å². The molecule has 2 heterocycles. The second kappa shape index (κ2) is 10.1. The van der Waals surface area contributed by atoms with E-state index in [0.717, 1.165) is 39.4 Å². The van der Waals surface area contributed by atoms with Crippen LogP contribution in [0.2, 0.25) is 0 Å². The van der Waals surface area contributed by atoms with Crippen LogP contribution >= 0.6 is 0 Å². The van der Waals surface area contributed by atoms with E-state index in [4.69, 9.17) is 4.42 Å². The van der Waals surface area contributed by atoms with Gasteiger partial charge >= 0.3 is 0 Å². The second-order valence-electron chi connectivity index (χ2n) is 9.65. The number of aromatic nitrogens is 3. The Morgan fingerprint density at radius 1 is 0.946 bits per heavy atom. The smallest absolute Gasteiger partial charge is 0.181 e. The van der Waals surface area contributed by atoms with Gasteiger partial charge in [-0.2, -0.15) is 0 Å². The molecule has 0 aliphatic carbocycles. The third-order valence-corrected chi connectivity index (χ3v) is 6.76. The molecule has 5 rings (SSSR count). The van der Waals surface area contributed by atoms with Crippen LogP contribution in [0.25, 0.3) is 22.4 Å². The summed E-state index contributed by atoms with van der Waals surface area (Å²) in [7, 11) is 0. The fraction of sp³-hybridized carbons (Fsp3) is 0.233. The number of nitrogens with zero attached hydrogens (tertiary/aromatic N) is 3. The molecule has 0 aliphatic rings. The zero-order valence-corrected chi connectivity index (χ0v) is 21.0. The Bertz CT molecular complexity index is 1560. The summed E-state index contributed by atoms with van der Waals surface area (Å²) in [5.41, 5.74) is 6.95. The number of imidazole rings is 1. The molecule has 0 saturated heterocycles. The van der Waals surface area contributed by atoms with E-state index in [0.29, 0.717) is 17.0 Å². The molecule has 0 N–H and O–H groups in total. The fourth-order valence-corrected chi connectivity index (χ4v) is 4.71. The lowest BCUT2D eigenvalue weighted by Gasteiger charge is -2.17. The van der Waals surface area contributed by atoms with E-state index >= 15 is 0 Å². The van der Waals surface area contributed by atoms with Crippen molar-refractivity contribution in [2.45, 2.75) is 46.1 Å². The van der Waals surface area contributed by atoms with Crippen LogP contribution in [0.3, 0.4) is 0 Å². The number of benzene rings is 3. The van der Waals surface area contributed by atoms with E-state index in [9.17, 15) is 13.6 Å². The first kappa shape index (κ1) is 24.6. The number of halogens is 2. The van der Waals surface area contributed by atoms with Gasteiger partial charge in [0.1, 0.15) is 11.6 Å². The quantitative estimate of drug-likeness (QED) is 0.233. The molecule has 0 fully saturated rings. The number of hydrogen-bond donors (Lipinski definition) is 0. The number of hydrogen-bond acceptors (Lipinski definition) is 4. The van der Waals surface area contributed by atoms with Gasteiger partial charge in [-0.1, -0.05) is 29.8 Å². The van der Waals surface area contributed by atoms with E-state index in [1.807, 2.05) is 61.7 Å². The van der Waals surface area contributed by atoms with Gasteiger partial charge < -0.3 is 8.98 Å². The van der Waals surface area contributed by atoms with Gasteiger partial charge in [0.2, 0.25) is 0 Å². The normalized spacial score (nSPS) is 12.2. The number of carbonyl (C=O) groups is 1. The monoisotopic (exact) mass is 499 g/mol. The molecular weight excluding hydrogens is 472 g/mol. The SMILES string of the molecule is Cc1ccc(-c2ocnc2C(CC(=O)Cn2cnc3cc(C)c(C)cc32)Cc2cc(F)cc(F)c2)cc1. The van der Waals surface area contributed by atoms with Gasteiger partial charge in [-0.05, 0) is 68.1 Å². The highest BCUT2D eigenvalue weighted by molar-refractivity contribution is 5.83. The van der Waals surface area contributed by atoms with Gasteiger partial charge in [0.15, 0.2) is 17.9 Å². The Balaban J connectivity index is 1.46. The molecule has 0 bridgehead atoms. The molecule has 2 aromatic heterocycles. The fourth-order valence-electron chi connectivity index (χ4n) is 4.71. The molecule has 1 unspecified atom stereocenters. The van der Waals surface area contributed by atoms with Crippen molar-refractivity contribution in [2.24, 2.45) is 0 Å². The lowest BCUT2D eigenvalue weighted by Crippen LogP contribution is -2.16. The summed E-state index contributed by atoms with van der Waals surface area (Å²) in [6.45, 7) is 6.18. The topological polar surface area (TPSA) is 60.9 Å². The largest absolute Gasteiger partial charge is 0.443 e. The highest BCUT2D eigenvalue weighted by atomic mass is 19.1. The zero-order chi connectivity index (χ0) is 26.1. The molecule has 1 atom stereocenters. The van der Waals surface area contributed by atoms with Crippen LogP contribution in [0, 0.1) is 32.4 Å². The first-order valence-corrected chi connectivity index (χ1v) is 12.2. The van der Waals surface area contributed by atoms with Crippen molar-refractivity contribution in [1.82, 2.24) is 14.5 Å². The van der Waals surface area contributed by atoms with Gasteiger partial charge in [0.25, 0.3) is 0 Å². The zero-order valence-electron chi connectivity index (χ0n) is 21.0. The third kappa shape index (κ3) is 5.35. The maximum Gasteiger partial charge on any atom is 0.181 e. The molecule has 0 amide bonds. The van der Waals surface area contributed by atoms with E-state index in [-0.39, 0.29) is 25.2 Å². The van der Waals surface area contributed by atoms with Crippen molar-refractivity contribution >= 4 is 16.8 Å². The summed E-state index contributed by atoms with van der Waals surface area (Å²) in [5, 5.41) is 0. The predicted octanol–water partition coefficient (Wildman–Crippen LogP) is 6.88. The van der Waals surface area contributed by atoms with Gasteiger partial charge in [-0.3, -0.25) is 4.79 Å². The average molecular weight is 500 g/mol. The average Bonchev–Trinajstić information content (AvgIpc) is 3.47. The summed E-state index contributed by atoms with van der Waals surface area (Å²) in [5.74, 6) is -1.25. The first-order chi connectivity index (χ1) is 17.8. The highest BCUT2D eigenvalue weighted by Gasteiger charge is 2.25. The predicted molar refractivity (Wildman–Crippen MR) is 138 cm³/mol. The molecule has 5 aromatic rings. The van der Waals surface area contributed by atoms with Crippen molar-refractivity contribution in [3.8, 4) is 11.3 Å². The molecule has 0 saturated carbocycles. The molecular formula is C30H27F2N3O2. The molecule has 3 aromatic carbocycles. The molecule has 37 heavy (non-hydrogen) atoms. The molecule has 0 aliphatic heterocycles. The summed E-state index contributed by atoms with van der Waals surface area (Å²) >= 11 is 0. The summed E-state index contributed by atoms with van der Waals surface area (Å²) in [4.78, 5) is 22.3. The van der Waals surface area contributed by atoms with Gasteiger partial charge in [-0.15, -0.1) is 0 Å². The minimum absolute atomic E-state index is 0.0442. The van der Waals surface area contributed by atoms with Crippen LogP contribution in [0.5, 0.6) is 0 Å². The Hall–Kier alpha value is -4.13. The Morgan fingerprint density at radius 2 is 1.65 bits per heavy atom. The van der Waals surface area contributed by atoms with E-state index in [1.165, 1.54) is 18.5 Å². The van der Waals surface area contributed by atoms with Gasteiger partial charge in [0.05, 0.1) is 29.6 Å². The first-order valence-electron chi connectivity index (χ1n) is 12.2. The van der Waals surface area contributed by atoms with Crippen molar-refractivity contribution in [3.63, 3.8) is 0 Å². The van der Waals surface area contributed by atoms with Crippen LogP contribution < -0.4 is 0 Å². The lowest BCUT2D eigenvalue weighted by molar-refractivity contribution is -0.120. The molecule has 0 radical (unpaired) electrons. The highest BCUT2D eigenvalue weighted by Crippen LogP contribution is 2.33.